The molecule has 0 saturated carbocycles. The van der Waals surface area contributed by atoms with Gasteiger partial charge in [0, 0.05) is 6.54 Å². The summed E-state index contributed by atoms with van der Waals surface area (Å²) in [5.74, 6) is 0.762. The second-order valence-corrected chi connectivity index (χ2v) is 3.81. The zero-order valence-electron chi connectivity index (χ0n) is 8.65. The monoisotopic (exact) mass is 211 g/mol. The Bertz CT molecular complexity index is 265. The van der Waals surface area contributed by atoms with Crippen molar-refractivity contribution in [2.24, 2.45) is 4.99 Å². The van der Waals surface area contributed by atoms with E-state index in [0.717, 1.165) is 25.3 Å². The van der Waals surface area contributed by atoms with Crippen LogP contribution in [0.2, 0.25) is 0 Å². The van der Waals surface area contributed by atoms with Crippen LogP contribution in [0.1, 0.15) is 12.8 Å². The van der Waals surface area contributed by atoms with E-state index in [2.05, 4.69) is 15.6 Å². The van der Waals surface area contributed by atoms with Gasteiger partial charge in [0.1, 0.15) is 6.10 Å². The smallest absolute Gasteiger partial charge is 0.191 e. The van der Waals surface area contributed by atoms with Crippen LogP contribution in [0.15, 0.2) is 17.3 Å². The zero-order chi connectivity index (χ0) is 10.5. The first-order valence-corrected chi connectivity index (χ1v) is 5.35. The fourth-order valence-electron chi connectivity index (χ4n) is 1.60. The molecule has 0 fully saturated rings. The lowest BCUT2D eigenvalue weighted by molar-refractivity contribution is 0.126. The number of aliphatic hydroxyl groups excluding tert-OH is 1. The Balaban J connectivity index is 1.71. The third-order valence-electron chi connectivity index (χ3n) is 2.49. The van der Waals surface area contributed by atoms with E-state index in [-0.39, 0.29) is 12.2 Å². The van der Waals surface area contributed by atoms with Crippen molar-refractivity contribution in [2.45, 2.75) is 25.0 Å². The molecule has 5 nitrogen and oxygen atoms in total. The lowest BCUT2D eigenvalue weighted by Gasteiger charge is -2.23. The molecular formula is C10H17N3O2. The van der Waals surface area contributed by atoms with Gasteiger partial charge in [0.2, 0.25) is 0 Å². The van der Waals surface area contributed by atoms with Crippen molar-refractivity contribution < 1.29 is 9.84 Å². The number of hydrogen-bond acceptors (Lipinski definition) is 5. The molecule has 2 atom stereocenters. The average molecular weight is 211 g/mol. The molecule has 0 saturated heterocycles. The number of aliphatic imine (C=N–C) groups is 1. The average Bonchev–Trinajstić information content (AvgIpc) is 2.30. The quantitative estimate of drug-likeness (QED) is 0.581. The maximum absolute atomic E-state index is 9.21. The molecule has 5 heteroatoms. The lowest BCUT2D eigenvalue weighted by Crippen LogP contribution is -2.48. The summed E-state index contributed by atoms with van der Waals surface area (Å²) in [7, 11) is 0. The fourth-order valence-corrected chi connectivity index (χ4v) is 1.60. The van der Waals surface area contributed by atoms with Crippen molar-refractivity contribution in [1.29, 1.82) is 0 Å². The summed E-state index contributed by atoms with van der Waals surface area (Å²) in [5, 5.41) is 15.4. The van der Waals surface area contributed by atoms with E-state index in [1.54, 1.807) is 6.26 Å². The van der Waals surface area contributed by atoms with Gasteiger partial charge in [-0.15, -0.1) is 0 Å². The topological polar surface area (TPSA) is 65.9 Å². The molecule has 0 aliphatic carbocycles. The van der Waals surface area contributed by atoms with Gasteiger partial charge in [0.25, 0.3) is 0 Å². The minimum atomic E-state index is -0.357. The third kappa shape index (κ3) is 3.13. The van der Waals surface area contributed by atoms with E-state index >= 15 is 0 Å². The van der Waals surface area contributed by atoms with E-state index in [4.69, 9.17) is 4.74 Å². The lowest BCUT2D eigenvalue weighted by atomic mass is 10.1. The summed E-state index contributed by atoms with van der Waals surface area (Å²) >= 11 is 0. The Hall–Kier alpha value is -1.23. The zero-order valence-corrected chi connectivity index (χ0v) is 8.65. The second kappa shape index (κ2) is 5.02. The largest absolute Gasteiger partial charge is 0.497 e. The molecule has 0 bridgehead atoms. The standard InChI is InChI=1S/C10H17N3O2/c14-8-5-11-10(12-6-8)13-7-9-3-1-2-4-15-9/h2,4,8-9,14H,1,3,5-7H2,(H2,11,12,13). The van der Waals surface area contributed by atoms with Crippen LogP contribution in [0.3, 0.4) is 0 Å². The fraction of sp³-hybridized carbons (Fsp3) is 0.700. The molecule has 84 valence electrons. The maximum atomic E-state index is 9.21. The Labute approximate surface area is 89.2 Å². The predicted octanol–water partition coefficient (Wildman–Crippen LogP) is -0.411. The Morgan fingerprint density at radius 2 is 2.60 bits per heavy atom. The van der Waals surface area contributed by atoms with Crippen LogP contribution in [0.4, 0.5) is 0 Å². The van der Waals surface area contributed by atoms with Crippen molar-refractivity contribution in [2.75, 3.05) is 19.6 Å². The van der Waals surface area contributed by atoms with Crippen molar-refractivity contribution in [3.63, 3.8) is 0 Å². The molecule has 3 N–H and O–H groups in total. The number of guanidine groups is 1. The molecule has 2 unspecified atom stereocenters. The van der Waals surface area contributed by atoms with E-state index in [1.807, 2.05) is 6.08 Å². The Kier molecular flexibility index (Phi) is 3.45. The maximum Gasteiger partial charge on any atom is 0.191 e. The van der Waals surface area contributed by atoms with E-state index in [1.165, 1.54) is 0 Å². The van der Waals surface area contributed by atoms with E-state index in [9.17, 15) is 5.11 Å². The number of β-amino-alcohol motifs (C(OH)–C–C–N with tert-alkyl or cyclic N) is 1. The van der Waals surface area contributed by atoms with Crippen molar-refractivity contribution in [1.82, 2.24) is 10.6 Å². The first kappa shape index (κ1) is 10.3. The van der Waals surface area contributed by atoms with Gasteiger partial charge in [-0.2, -0.15) is 0 Å². The molecule has 2 heterocycles. The highest BCUT2D eigenvalue weighted by Crippen LogP contribution is 2.08. The molecule has 2 aliphatic rings. The Morgan fingerprint density at radius 1 is 1.67 bits per heavy atom. The van der Waals surface area contributed by atoms with Gasteiger partial charge in [-0.3, -0.25) is 4.99 Å². The van der Waals surface area contributed by atoms with Crippen molar-refractivity contribution >= 4 is 5.96 Å². The summed E-state index contributed by atoms with van der Waals surface area (Å²) in [6, 6.07) is 0. The molecule has 0 radical (unpaired) electrons. The minimum absolute atomic E-state index is 0.228. The number of aliphatic hydroxyl groups is 1. The Morgan fingerprint density at radius 3 is 3.27 bits per heavy atom. The highest BCUT2D eigenvalue weighted by atomic mass is 16.5. The van der Waals surface area contributed by atoms with E-state index < -0.39 is 0 Å². The van der Waals surface area contributed by atoms with Gasteiger partial charge in [-0.05, 0) is 18.9 Å². The molecule has 0 aromatic rings. The second-order valence-electron chi connectivity index (χ2n) is 3.81. The highest BCUT2D eigenvalue weighted by Gasteiger charge is 2.14. The molecule has 0 amide bonds. The summed E-state index contributed by atoms with van der Waals surface area (Å²) in [6.07, 6.45) is 5.78. The number of allylic oxidation sites excluding steroid dienone is 1. The van der Waals surface area contributed by atoms with E-state index in [0.29, 0.717) is 13.1 Å². The number of ether oxygens (including phenoxy) is 1. The molecule has 0 aromatic heterocycles. The molecule has 15 heavy (non-hydrogen) atoms. The number of rotatable bonds is 2. The summed E-state index contributed by atoms with van der Waals surface area (Å²) in [5.41, 5.74) is 0. The number of nitrogens with zero attached hydrogens (tertiary/aromatic N) is 1. The van der Waals surface area contributed by atoms with Gasteiger partial charge in [0.15, 0.2) is 5.96 Å². The first-order valence-electron chi connectivity index (χ1n) is 5.35. The number of nitrogens with one attached hydrogen (secondary N) is 2. The van der Waals surface area contributed by atoms with Crippen LogP contribution >= 0.6 is 0 Å². The first-order chi connectivity index (χ1) is 7.34. The van der Waals surface area contributed by atoms with Crippen LogP contribution in [-0.2, 0) is 4.74 Å². The highest BCUT2D eigenvalue weighted by molar-refractivity contribution is 5.80. The van der Waals surface area contributed by atoms with Crippen LogP contribution in [-0.4, -0.2) is 42.9 Å². The minimum Gasteiger partial charge on any atom is -0.497 e. The van der Waals surface area contributed by atoms with Crippen LogP contribution in [0, 0.1) is 0 Å². The molecule has 2 rings (SSSR count). The normalized spacial score (nSPS) is 30.1. The molecule has 0 spiro atoms. The van der Waals surface area contributed by atoms with Crippen LogP contribution in [0.5, 0.6) is 0 Å². The van der Waals surface area contributed by atoms with Crippen LogP contribution in [0.25, 0.3) is 0 Å². The summed E-state index contributed by atoms with van der Waals surface area (Å²) in [4.78, 5) is 4.17. The van der Waals surface area contributed by atoms with Crippen LogP contribution < -0.4 is 10.6 Å². The summed E-state index contributed by atoms with van der Waals surface area (Å²) in [6.45, 7) is 1.80. The third-order valence-corrected chi connectivity index (χ3v) is 2.49. The van der Waals surface area contributed by atoms with Gasteiger partial charge in [-0.25, -0.2) is 0 Å². The van der Waals surface area contributed by atoms with Gasteiger partial charge in [-0.1, -0.05) is 0 Å². The van der Waals surface area contributed by atoms with Crippen molar-refractivity contribution in [3.05, 3.63) is 12.3 Å². The number of hydrogen-bond donors (Lipinski definition) is 3. The van der Waals surface area contributed by atoms with Gasteiger partial charge < -0.3 is 20.5 Å². The molecule has 2 aliphatic heterocycles. The van der Waals surface area contributed by atoms with Gasteiger partial charge in [0.05, 0.1) is 25.5 Å². The SMILES string of the molecule is OC1CN=C(NCC2CCC=CO2)NC1. The molecule has 0 aromatic carbocycles. The predicted molar refractivity (Wildman–Crippen MR) is 57.6 cm³/mol. The molecular weight excluding hydrogens is 194 g/mol. The summed E-state index contributed by atoms with van der Waals surface area (Å²) < 4.78 is 5.41. The van der Waals surface area contributed by atoms with Crippen molar-refractivity contribution in [3.8, 4) is 0 Å². The van der Waals surface area contributed by atoms with Gasteiger partial charge >= 0.3 is 0 Å².